The summed E-state index contributed by atoms with van der Waals surface area (Å²) in [6.45, 7) is 6.81. The number of aryl methyl sites for hydroxylation is 1. The maximum Gasteiger partial charge on any atom is 0.0789 e. The van der Waals surface area contributed by atoms with E-state index in [-0.39, 0.29) is 5.41 Å². The van der Waals surface area contributed by atoms with E-state index >= 15 is 0 Å². The predicted molar refractivity (Wildman–Crippen MR) is 84.0 cm³/mol. The van der Waals surface area contributed by atoms with E-state index in [4.69, 9.17) is 4.98 Å². The third-order valence-electron chi connectivity index (χ3n) is 4.65. The van der Waals surface area contributed by atoms with Crippen LogP contribution in [0.3, 0.4) is 0 Å². The molecule has 0 saturated heterocycles. The second-order valence-corrected chi connectivity index (χ2v) is 6.19. The molecule has 1 aliphatic carbocycles. The summed E-state index contributed by atoms with van der Waals surface area (Å²) in [4.78, 5) is 4.71. The molecule has 0 amide bonds. The highest BCUT2D eigenvalue weighted by atomic mass is 14.7. The highest BCUT2D eigenvalue weighted by Crippen LogP contribution is 2.48. The normalized spacial score (nSPS) is 15.2. The van der Waals surface area contributed by atoms with Gasteiger partial charge < -0.3 is 0 Å². The van der Waals surface area contributed by atoms with Gasteiger partial charge in [-0.2, -0.15) is 0 Å². The third kappa shape index (κ3) is 1.30. The SMILES string of the molecule is Cc1cccc2c1-c1nccc3cccc(c13)C2(C)C. The highest BCUT2D eigenvalue weighted by Gasteiger charge is 2.34. The van der Waals surface area contributed by atoms with Crippen LogP contribution in [-0.4, -0.2) is 4.98 Å². The average Bonchev–Trinajstić information content (AvgIpc) is 2.45. The molecule has 0 unspecified atom stereocenters. The summed E-state index contributed by atoms with van der Waals surface area (Å²) < 4.78 is 0. The molecule has 1 nitrogen and oxygen atoms in total. The summed E-state index contributed by atoms with van der Waals surface area (Å²) >= 11 is 0. The molecule has 1 aliphatic rings. The summed E-state index contributed by atoms with van der Waals surface area (Å²) in [6.07, 6.45) is 1.93. The van der Waals surface area contributed by atoms with Crippen LogP contribution in [0.5, 0.6) is 0 Å². The van der Waals surface area contributed by atoms with Gasteiger partial charge in [0.25, 0.3) is 0 Å². The van der Waals surface area contributed by atoms with Gasteiger partial charge in [-0.3, -0.25) is 4.98 Å². The molecule has 1 aromatic heterocycles. The van der Waals surface area contributed by atoms with E-state index in [1.807, 2.05) is 6.20 Å². The van der Waals surface area contributed by atoms with Gasteiger partial charge >= 0.3 is 0 Å². The van der Waals surface area contributed by atoms with Gasteiger partial charge in [-0.1, -0.05) is 50.2 Å². The van der Waals surface area contributed by atoms with E-state index in [1.54, 1.807) is 0 Å². The van der Waals surface area contributed by atoms with Gasteiger partial charge in [0, 0.05) is 22.6 Å². The number of nitrogens with zero attached hydrogens (tertiary/aromatic N) is 1. The van der Waals surface area contributed by atoms with Gasteiger partial charge in [-0.15, -0.1) is 0 Å². The van der Waals surface area contributed by atoms with E-state index < -0.39 is 0 Å². The second kappa shape index (κ2) is 3.69. The number of benzene rings is 2. The fourth-order valence-corrected chi connectivity index (χ4v) is 3.59. The molecule has 0 aliphatic heterocycles. The van der Waals surface area contributed by atoms with Crippen molar-refractivity contribution in [2.24, 2.45) is 0 Å². The lowest BCUT2D eigenvalue weighted by Gasteiger charge is -2.35. The summed E-state index contributed by atoms with van der Waals surface area (Å²) in [5.74, 6) is 0. The van der Waals surface area contributed by atoms with Gasteiger partial charge in [-0.25, -0.2) is 0 Å². The van der Waals surface area contributed by atoms with Crippen molar-refractivity contribution in [3.05, 3.63) is 65.4 Å². The van der Waals surface area contributed by atoms with Crippen molar-refractivity contribution >= 4 is 10.8 Å². The maximum atomic E-state index is 4.71. The number of hydrogen-bond acceptors (Lipinski definition) is 1. The molecule has 0 saturated carbocycles. The Hall–Kier alpha value is -2.15. The van der Waals surface area contributed by atoms with Crippen LogP contribution >= 0.6 is 0 Å². The fourth-order valence-electron chi connectivity index (χ4n) is 3.59. The van der Waals surface area contributed by atoms with Gasteiger partial charge in [0.15, 0.2) is 0 Å². The minimum absolute atomic E-state index is 0.0247. The molecular formula is C19H17N. The van der Waals surface area contributed by atoms with Crippen molar-refractivity contribution in [2.75, 3.05) is 0 Å². The first-order valence-corrected chi connectivity index (χ1v) is 7.09. The molecular weight excluding hydrogens is 242 g/mol. The standard InChI is InChI=1S/C19H17N/c1-12-6-4-8-14-16(12)18-17-13(10-11-20-18)7-5-9-15(17)19(14,2)3/h4-11H,1-3H3. The smallest absolute Gasteiger partial charge is 0.0789 e. The average molecular weight is 259 g/mol. The van der Waals surface area contributed by atoms with Gasteiger partial charge in [0.05, 0.1) is 5.69 Å². The van der Waals surface area contributed by atoms with Gasteiger partial charge in [0.1, 0.15) is 0 Å². The van der Waals surface area contributed by atoms with Crippen LogP contribution in [0.25, 0.3) is 22.0 Å². The first-order valence-electron chi connectivity index (χ1n) is 7.09. The zero-order valence-corrected chi connectivity index (χ0v) is 12.1. The van der Waals surface area contributed by atoms with E-state index in [9.17, 15) is 0 Å². The van der Waals surface area contributed by atoms with Crippen LogP contribution in [-0.2, 0) is 5.41 Å². The third-order valence-corrected chi connectivity index (χ3v) is 4.65. The van der Waals surface area contributed by atoms with Gasteiger partial charge in [0.2, 0.25) is 0 Å². The van der Waals surface area contributed by atoms with Crippen molar-refractivity contribution < 1.29 is 0 Å². The lowest BCUT2D eigenvalue weighted by molar-refractivity contribution is 0.643. The summed E-state index contributed by atoms with van der Waals surface area (Å²) in [6, 6.07) is 15.3. The lowest BCUT2D eigenvalue weighted by Crippen LogP contribution is -2.24. The molecule has 20 heavy (non-hydrogen) atoms. The van der Waals surface area contributed by atoms with E-state index in [2.05, 4.69) is 63.2 Å². The molecule has 0 atom stereocenters. The molecule has 98 valence electrons. The van der Waals surface area contributed by atoms with E-state index in [0.717, 1.165) is 5.69 Å². The molecule has 4 rings (SSSR count). The van der Waals surface area contributed by atoms with Gasteiger partial charge in [-0.05, 0) is 35.1 Å². The van der Waals surface area contributed by atoms with E-state index in [0.29, 0.717) is 0 Å². The largest absolute Gasteiger partial charge is 0.256 e. The zero-order chi connectivity index (χ0) is 13.9. The first-order chi connectivity index (χ1) is 9.60. The molecule has 1 heterocycles. The Kier molecular flexibility index (Phi) is 2.15. The summed E-state index contributed by atoms with van der Waals surface area (Å²) in [5.41, 5.74) is 6.57. The van der Waals surface area contributed by atoms with Crippen molar-refractivity contribution in [3.63, 3.8) is 0 Å². The number of pyridine rings is 1. The predicted octanol–water partition coefficient (Wildman–Crippen LogP) is 4.85. The second-order valence-electron chi connectivity index (χ2n) is 6.19. The molecule has 0 radical (unpaired) electrons. The number of hydrogen-bond donors (Lipinski definition) is 0. The Balaban J connectivity index is 2.30. The Morgan fingerprint density at radius 2 is 1.65 bits per heavy atom. The molecule has 0 spiro atoms. The Morgan fingerprint density at radius 3 is 2.50 bits per heavy atom. The minimum atomic E-state index is 0.0247. The highest BCUT2D eigenvalue weighted by molar-refractivity contribution is 6.01. The molecule has 3 aromatic rings. The monoisotopic (exact) mass is 259 g/mol. The number of fused-ring (bicyclic) bond motifs is 2. The number of aromatic nitrogens is 1. The molecule has 2 aromatic carbocycles. The Morgan fingerprint density at radius 1 is 0.900 bits per heavy atom. The van der Waals surface area contributed by atoms with Crippen molar-refractivity contribution in [1.82, 2.24) is 4.98 Å². The van der Waals surface area contributed by atoms with Crippen LogP contribution in [0.15, 0.2) is 48.7 Å². The molecule has 0 N–H and O–H groups in total. The number of rotatable bonds is 0. The molecule has 0 bridgehead atoms. The molecule has 0 fully saturated rings. The quantitative estimate of drug-likeness (QED) is 0.562. The van der Waals surface area contributed by atoms with Crippen LogP contribution in [0, 0.1) is 6.92 Å². The lowest BCUT2D eigenvalue weighted by atomic mass is 9.69. The topological polar surface area (TPSA) is 12.9 Å². The maximum absolute atomic E-state index is 4.71. The summed E-state index contributed by atoms with van der Waals surface area (Å²) in [5, 5.41) is 2.61. The van der Waals surface area contributed by atoms with Crippen LogP contribution in [0.1, 0.15) is 30.5 Å². The van der Waals surface area contributed by atoms with Crippen LogP contribution in [0.2, 0.25) is 0 Å². The Bertz CT molecular complexity index is 838. The van der Waals surface area contributed by atoms with Crippen molar-refractivity contribution in [2.45, 2.75) is 26.2 Å². The minimum Gasteiger partial charge on any atom is -0.256 e. The van der Waals surface area contributed by atoms with Crippen LogP contribution < -0.4 is 0 Å². The van der Waals surface area contributed by atoms with E-state index in [1.165, 1.54) is 33.0 Å². The Labute approximate surface area is 119 Å². The summed E-state index contributed by atoms with van der Waals surface area (Å²) in [7, 11) is 0. The first kappa shape index (κ1) is 11.7. The molecule has 1 heteroatoms. The van der Waals surface area contributed by atoms with Crippen molar-refractivity contribution in [1.29, 1.82) is 0 Å². The van der Waals surface area contributed by atoms with Crippen molar-refractivity contribution in [3.8, 4) is 11.3 Å². The van der Waals surface area contributed by atoms with Crippen LogP contribution in [0.4, 0.5) is 0 Å². The zero-order valence-electron chi connectivity index (χ0n) is 12.1. The fraction of sp³-hybridized carbons (Fsp3) is 0.211.